The van der Waals surface area contributed by atoms with Crippen molar-refractivity contribution >= 4 is 44.3 Å². The summed E-state index contributed by atoms with van der Waals surface area (Å²) in [4.78, 5) is 28.7. The Morgan fingerprint density at radius 2 is 1.97 bits per heavy atom. The highest BCUT2D eigenvalue weighted by molar-refractivity contribution is 7.91. The zero-order valence-corrected chi connectivity index (χ0v) is 21.2. The van der Waals surface area contributed by atoms with Crippen LogP contribution in [-0.2, 0) is 14.6 Å². The third-order valence-corrected chi connectivity index (χ3v) is 7.51. The number of nitrogens with zero attached hydrogens (tertiary/aromatic N) is 5. The van der Waals surface area contributed by atoms with E-state index in [1.165, 1.54) is 6.92 Å². The van der Waals surface area contributed by atoms with Crippen LogP contribution in [0.3, 0.4) is 0 Å². The Morgan fingerprint density at radius 3 is 2.62 bits per heavy atom. The Balaban J connectivity index is 1.86. The Hall–Kier alpha value is -2.47. The van der Waals surface area contributed by atoms with E-state index in [9.17, 15) is 13.2 Å². The van der Waals surface area contributed by atoms with Crippen molar-refractivity contribution in [3.05, 3.63) is 11.0 Å². The number of fused-ring (bicyclic) bond motifs is 2. The summed E-state index contributed by atoms with van der Waals surface area (Å²) in [5.74, 6) is -0.973. The molecule has 1 saturated heterocycles. The van der Waals surface area contributed by atoms with Crippen LogP contribution in [0.4, 0.5) is 15.0 Å². The zero-order valence-electron chi connectivity index (χ0n) is 19.6. The number of sulfone groups is 1. The number of rotatable bonds is 2. The van der Waals surface area contributed by atoms with Gasteiger partial charge in [0.25, 0.3) is 0 Å². The van der Waals surface area contributed by atoms with Gasteiger partial charge in [0, 0.05) is 25.6 Å². The summed E-state index contributed by atoms with van der Waals surface area (Å²) >= 11 is 5.96. The van der Waals surface area contributed by atoms with E-state index in [-0.39, 0.29) is 47.0 Å². The number of piperazine rings is 1. The highest BCUT2D eigenvalue weighted by Gasteiger charge is 2.40. The van der Waals surface area contributed by atoms with Gasteiger partial charge in [0.05, 0.1) is 18.4 Å². The first-order valence-electron chi connectivity index (χ1n) is 11.0. The van der Waals surface area contributed by atoms with Crippen LogP contribution in [0, 0.1) is 5.82 Å². The predicted molar refractivity (Wildman–Crippen MR) is 124 cm³/mol. The van der Waals surface area contributed by atoms with Crippen LogP contribution in [0.15, 0.2) is 5.16 Å². The minimum Gasteiger partial charge on any atom is -0.477 e. The van der Waals surface area contributed by atoms with E-state index in [2.05, 4.69) is 15.0 Å². The van der Waals surface area contributed by atoms with Crippen LogP contribution in [0.25, 0.3) is 10.9 Å². The van der Waals surface area contributed by atoms with Crippen LogP contribution >= 0.6 is 11.6 Å². The van der Waals surface area contributed by atoms with Gasteiger partial charge in [-0.1, -0.05) is 18.5 Å². The van der Waals surface area contributed by atoms with Gasteiger partial charge >= 0.3 is 6.09 Å². The van der Waals surface area contributed by atoms with E-state index in [4.69, 9.17) is 21.1 Å². The largest absolute Gasteiger partial charge is 0.477 e. The number of aromatic nitrogens is 3. The molecular formula is C21H27ClFN5O5S. The summed E-state index contributed by atoms with van der Waals surface area (Å²) in [5.41, 5.74) is -0.920. The van der Waals surface area contributed by atoms with Crippen LogP contribution in [0.5, 0.6) is 5.88 Å². The molecule has 2 aromatic heterocycles. The fourth-order valence-corrected chi connectivity index (χ4v) is 4.95. The third kappa shape index (κ3) is 4.45. The number of hydrogen-bond donors (Lipinski definition) is 0. The number of anilines is 1. The number of ether oxygens (including phenoxy) is 2. The van der Waals surface area contributed by atoms with Gasteiger partial charge < -0.3 is 19.3 Å². The minimum absolute atomic E-state index is 0.0394. The highest BCUT2D eigenvalue weighted by Crippen LogP contribution is 2.39. The molecular weight excluding hydrogens is 489 g/mol. The Morgan fingerprint density at radius 1 is 1.26 bits per heavy atom. The van der Waals surface area contributed by atoms with Crippen molar-refractivity contribution in [2.75, 3.05) is 30.3 Å². The predicted octanol–water partition coefficient (Wildman–Crippen LogP) is 3.21. The van der Waals surface area contributed by atoms with Crippen LogP contribution in [0.1, 0.15) is 41.0 Å². The van der Waals surface area contributed by atoms with Gasteiger partial charge in [-0.25, -0.2) is 27.6 Å². The van der Waals surface area contributed by atoms with E-state index >= 15 is 4.39 Å². The molecule has 2 atom stereocenters. The smallest absolute Gasteiger partial charge is 0.410 e. The number of halogens is 2. The van der Waals surface area contributed by atoms with Gasteiger partial charge in [-0.05, 0) is 27.7 Å². The zero-order chi connectivity index (χ0) is 25.0. The first-order chi connectivity index (χ1) is 15.8. The number of amides is 1. The van der Waals surface area contributed by atoms with Gasteiger partial charge in [-0.15, -0.1) is 0 Å². The maximum Gasteiger partial charge on any atom is 0.410 e. The van der Waals surface area contributed by atoms with Crippen molar-refractivity contribution < 1.29 is 27.1 Å². The van der Waals surface area contributed by atoms with Crippen molar-refractivity contribution in [3.63, 3.8) is 0 Å². The summed E-state index contributed by atoms with van der Waals surface area (Å²) in [6.45, 7) is 9.53. The Labute approximate surface area is 202 Å². The van der Waals surface area contributed by atoms with E-state index in [0.717, 1.165) is 0 Å². The first-order valence-corrected chi connectivity index (χ1v) is 13.0. The fourth-order valence-electron chi connectivity index (χ4n) is 4.07. The molecule has 4 heterocycles. The molecule has 0 aliphatic carbocycles. The normalized spacial score (nSPS) is 20.9. The van der Waals surface area contributed by atoms with E-state index < -0.39 is 37.7 Å². The van der Waals surface area contributed by atoms with Crippen molar-refractivity contribution in [1.29, 1.82) is 0 Å². The molecule has 1 fully saturated rings. The molecule has 4 rings (SSSR count). The topological polar surface area (TPSA) is 115 Å². The maximum atomic E-state index is 15.0. The van der Waals surface area contributed by atoms with Gasteiger partial charge in [-0.3, -0.25) is 0 Å². The van der Waals surface area contributed by atoms with E-state index in [1.807, 2.05) is 11.8 Å². The van der Waals surface area contributed by atoms with Gasteiger partial charge in [0.2, 0.25) is 20.9 Å². The molecule has 2 aliphatic heterocycles. The second kappa shape index (κ2) is 8.63. The van der Waals surface area contributed by atoms with Crippen molar-refractivity contribution in [2.45, 2.75) is 63.9 Å². The lowest BCUT2D eigenvalue weighted by molar-refractivity contribution is 0.0115. The van der Waals surface area contributed by atoms with Gasteiger partial charge in [-0.2, -0.15) is 4.98 Å². The SMILES string of the molecule is CCS(=O)(=O)c1nc2c3c(nc(Cl)c(F)c3n1)OCC[C@H]1CN(C(=O)OC(C)(C)C)[C@H](C)CN21. The molecule has 0 radical (unpaired) electrons. The number of pyridine rings is 1. The van der Waals surface area contributed by atoms with E-state index in [0.29, 0.717) is 19.5 Å². The summed E-state index contributed by atoms with van der Waals surface area (Å²) < 4.78 is 51.7. The molecule has 34 heavy (non-hydrogen) atoms. The summed E-state index contributed by atoms with van der Waals surface area (Å²) in [6, 6.07) is -0.581. The molecule has 0 unspecified atom stereocenters. The molecule has 1 amide bonds. The average molecular weight is 516 g/mol. The number of carbonyl (C=O) groups is 1. The maximum absolute atomic E-state index is 15.0. The molecule has 2 aliphatic rings. The summed E-state index contributed by atoms with van der Waals surface area (Å²) in [5, 5.41) is -0.807. The monoisotopic (exact) mass is 515 g/mol. The van der Waals surface area contributed by atoms with Crippen LogP contribution in [0.2, 0.25) is 5.15 Å². The fraction of sp³-hybridized carbons (Fsp3) is 0.619. The highest BCUT2D eigenvalue weighted by atomic mass is 35.5. The van der Waals surface area contributed by atoms with Gasteiger partial charge in [0.15, 0.2) is 11.0 Å². The molecule has 2 aromatic rings. The number of hydrogen-bond acceptors (Lipinski definition) is 9. The third-order valence-electron chi connectivity index (χ3n) is 5.76. The van der Waals surface area contributed by atoms with Gasteiger partial charge in [0.1, 0.15) is 22.3 Å². The summed E-state index contributed by atoms with van der Waals surface area (Å²) in [7, 11) is -3.86. The molecule has 10 nitrogen and oxygen atoms in total. The standard InChI is InChI=1S/C21H27ClFN5O5S/c1-6-34(30,31)19-24-15-13-17(26-19)28-9-11(2)27(20(29)33-21(3,4)5)10-12(28)7-8-32-18(13)25-16(22)14(15)23/h11-12H,6-10H2,1-5H3/t11-,12+/m1/s1. The lowest BCUT2D eigenvalue weighted by Crippen LogP contribution is -2.60. The first kappa shape index (κ1) is 24.6. The van der Waals surface area contributed by atoms with Crippen molar-refractivity contribution in [1.82, 2.24) is 19.9 Å². The molecule has 186 valence electrons. The Bertz CT molecular complexity index is 1250. The second-order valence-electron chi connectivity index (χ2n) is 9.40. The summed E-state index contributed by atoms with van der Waals surface area (Å²) in [6.07, 6.45) is 0.0355. The Kier molecular flexibility index (Phi) is 6.26. The molecule has 0 saturated carbocycles. The minimum atomic E-state index is -3.86. The molecule has 13 heteroatoms. The molecule has 0 aromatic carbocycles. The lowest BCUT2D eigenvalue weighted by Gasteiger charge is -2.46. The molecule has 0 bridgehead atoms. The van der Waals surface area contributed by atoms with E-state index in [1.54, 1.807) is 25.7 Å². The lowest BCUT2D eigenvalue weighted by atomic mass is 10.0. The average Bonchev–Trinajstić information content (AvgIpc) is 2.74. The van der Waals surface area contributed by atoms with Crippen LogP contribution in [-0.4, -0.2) is 77.5 Å². The second-order valence-corrected chi connectivity index (χ2v) is 11.9. The quantitative estimate of drug-likeness (QED) is 0.439. The molecule has 0 N–H and O–H groups in total. The number of carbonyl (C=O) groups excluding carboxylic acids is 1. The van der Waals surface area contributed by atoms with Crippen molar-refractivity contribution in [3.8, 4) is 5.88 Å². The van der Waals surface area contributed by atoms with Crippen molar-refractivity contribution in [2.24, 2.45) is 0 Å². The molecule has 0 spiro atoms. The van der Waals surface area contributed by atoms with Crippen LogP contribution < -0.4 is 9.64 Å².